The van der Waals surface area contributed by atoms with E-state index in [2.05, 4.69) is 217 Å². The highest BCUT2D eigenvalue weighted by atomic mass is 15.1. The molecule has 0 saturated heterocycles. The van der Waals surface area contributed by atoms with Crippen molar-refractivity contribution in [3.63, 3.8) is 0 Å². The topological polar surface area (TPSA) is 3.24 Å². The number of anilines is 3. The Morgan fingerprint density at radius 3 is 0.943 bits per heavy atom. The third kappa shape index (κ3) is 5.69. The molecule has 10 aromatic rings. The SMILES string of the molecule is c1ccc(-c2ccc(N(c3ccc(-c4ccc5ccc6ccccc6c5c4)cc3)c3ccc(-c4ccc5ccc6ccccc6c5c4)cc3)cc2)cc1. The summed E-state index contributed by atoms with van der Waals surface area (Å²) in [7, 11) is 0. The fourth-order valence-corrected chi connectivity index (χ4v) is 7.85. The van der Waals surface area contributed by atoms with E-state index in [1.807, 2.05) is 0 Å². The third-order valence-electron chi connectivity index (χ3n) is 10.6. The van der Waals surface area contributed by atoms with Crippen LogP contribution < -0.4 is 4.90 Å². The van der Waals surface area contributed by atoms with Crippen LogP contribution in [0.5, 0.6) is 0 Å². The summed E-state index contributed by atoms with van der Waals surface area (Å²) in [5.74, 6) is 0. The molecule has 0 radical (unpaired) electrons. The van der Waals surface area contributed by atoms with Crippen LogP contribution in [0.1, 0.15) is 0 Å². The Bertz CT molecular complexity index is 2740. The molecule has 1 heteroatoms. The molecule has 0 heterocycles. The molecule has 0 saturated carbocycles. The van der Waals surface area contributed by atoms with E-state index in [0.717, 1.165) is 17.1 Å². The Hall–Kier alpha value is -6.96. The quantitative estimate of drug-likeness (QED) is 0.159. The first-order valence-electron chi connectivity index (χ1n) is 18.2. The van der Waals surface area contributed by atoms with Crippen molar-refractivity contribution >= 4 is 60.2 Å². The van der Waals surface area contributed by atoms with Crippen molar-refractivity contribution < 1.29 is 0 Å². The van der Waals surface area contributed by atoms with Gasteiger partial charge in [-0.3, -0.25) is 0 Å². The Labute approximate surface area is 309 Å². The second kappa shape index (κ2) is 13.0. The fourth-order valence-electron chi connectivity index (χ4n) is 7.85. The van der Waals surface area contributed by atoms with Gasteiger partial charge in [0, 0.05) is 17.1 Å². The summed E-state index contributed by atoms with van der Waals surface area (Å²) in [5.41, 5.74) is 10.6. The minimum absolute atomic E-state index is 1.11. The zero-order chi connectivity index (χ0) is 35.1. The van der Waals surface area contributed by atoms with Gasteiger partial charge in [-0.1, -0.05) is 164 Å². The first kappa shape index (κ1) is 30.8. The van der Waals surface area contributed by atoms with Crippen LogP contribution in [-0.2, 0) is 0 Å². The van der Waals surface area contributed by atoms with E-state index in [0.29, 0.717) is 0 Å². The average molecular weight is 674 g/mol. The van der Waals surface area contributed by atoms with E-state index in [-0.39, 0.29) is 0 Å². The Morgan fingerprint density at radius 2 is 0.509 bits per heavy atom. The maximum Gasteiger partial charge on any atom is 0.0462 e. The first-order chi connectivity index (χ1) is 26.2. The minimum atomic E-state index is 1.11. The molecule has 0 atom stereocenters. The fraction of sp³-hybridized carbons (Fsp3) is 0. The molecule has 0 aromatic heterocycles. The van der Waals surface area contributed by atoms with E-state index < -0.39 is 0 Å². The van der Waals surface area contributed by atoms with Crippen LogP contribution in [0.25, 0.3) is 76.5 Å². The van der Waals surface area contributed by atoms with Crippen molar-refractivity contribution in [1.82, 2.24) is 0 Å². The molecule has 0 spiro atoms. The second-order valence-corrected chi connectivity index (χ2v) is 13.8. The molecular weight excluding hydrogens is 639 g/mol. The van der Waals surface area contributed by atoms with Crippen LogP contribution in [0.15, 0.2) is 212 Å². The molecule has 10 rings (SSSR count). The summed E-state index contributed by atoms with van der Waals surface area (Å²) < 4.78 is 0. The summed E-state index contributed by atoms with van der Waals surface area (Å²) >= 11 is 0. The molecule has 1 nitrogen and oxygen atoms in total. The number of benzene rings is 10. The number of nitrogens with zero attached hydrogens (tertiary/aromatic N) is 1. The molecule has 248 valence electrons. The van der Waals surface area contributed by atoms with Gasteiger partial charge >= 0.3 is 0 Å². The van der Waals surface area contributed by atoms with Crippen molar-refractivity contribution in [3.05, 3.63) is 212 Å². The smallest absolute Gasteiger partial charge is 0.0462 e. The monoisotopic (exact) mass is 673 g/mol. The highest BCUT2D eigenvalue weighted by Gasteiger charge is 2.15. The standard InChI is InChI=1S/C52H35N/c1-2-8-36(9-3-1)37-22-28-46(29-23-37)53(47-30-24-38(25-31-47)44-20-18-42-16-14-40-10-4-6-12-49(40)51(42)34-44)48-32-26-39(27-33-48)45-21-19-43-17-15-41-11-5-7-13-50(41)52(43)35-45/h1-35H. The van der Waals surface area contributed by atoms with Gasteiger partial charge in [0.15, 0.2) is 0 Å². The van der Waals surface area contributed by atoms with Gasteiger partial charge in [0.1, 0.15) is 0 Å². The zero-order valence-corrected chi connectivity index (χ0v) is 29.2. The summed E-state index contributed by atoms with van der Waals surface area (Å²) in [6.45, 7) is 0. The van der Waals surface area contributed by atoms with Gasteiger partial charge in [0.2, 0.25) is 0 Å². The molecule has 0 unspecified atom stereocenters. The Balaban J connectivity index is 1.03. The highest BCUT2D eigenvalue weighted by Crippen LogP contribution is 2.39. The predicted octanol–water partition coefficient (Wildman–Crippen LogP) is 14.8. The molecule has 53 heavy (non-hydrogen) atoms. The molecule has 10 aromatic carbocycles. The van der Waals surface area contributed by atoms with E-state index in [1.54, 1.807) is 0 Å². The molecule has 0 aliphatic carbocycles. The summed E-state index contributed by atoms with van der Waals surface area (Å²) in [4.78, 5) is 2.35. The first-order valence-corrected chi connectivity index (χ1v) is 18.2. The number of hydrogen-bond acceptors (Lipinski definition) is 1. The average Bonchev–Trinajstić information content (AvgIpc) is 3.24. The van der Waals surface area contributed by atoms with Crippen LogP contribution in [0.3, 0.4) is 0 Å². The molecule has 0 N–H and O–H groups in total. The summed E-state index contributed by atoms with van der Waals surface area (Å²) in [5, 5.41) is 10.2. The lowest BCUT2D eigenvalue weighted by Gasteiger charge is -2.26. The molecule has 0 bridgehead atoms. The van der Waals surface area contributed by atoms with Gasteiger partial charge < -0.3 is 4.90 Å². The maximum absolute atomic E-state index is 2.35. The minimum Gasteiger partial charge on any atom is -0.311 e. The van der Waals surface area contributed by atoms with Crippen molar-refractivity contribution in [2.75, 3.05) is 4.90 Å². The molecule has 0 amide bonds. The van der Waals surface area contributed by atoms with Gasteiger partial charge in [-0.25, -0.2) is 0 Å². The van der Waals surface area contributed by atoms with Gasteiger partial charge in [0.05, 0.1) is 0 Å². The van der Waals surface area contributed by atoms with E-state index in [9.17, 15) is 0 Å². The van der Waals surface area contributed by atoms with Crippen LogP contribution >= 0.6 is 0 Å². The maximum atomic E-state index is 2.35. The number of rotatable bonds is 6. The van der Waals surface area contributed by atoms with Crippen LogP contribution in [0.2, 0.25) is 0 Å². The lowest BCUT2D eigenvalue weighted by Crippen LogP contribution is -2.09. The van der Waals surface area contributed by atoms with Crippen LogP contribution in [0.4, 0.5) is 17.1 Å². The molecular formula is C52H35N. The third-order valence-corrected chi connectivity index (χ3v) is 10.6. The highest BCUT2D eigenvalue weighted by molar-refractivity contribution is 6.09. The summed E-state index contributed by atoms with van der Waals surface area (Å²) in [6, 6.07) is 77.2. The van der Waals surface area contributed by atoms with Gasteiger partial charge in [-0.15, -0.1) is 0 Å². The van der Waals surface area contributed by atoms with E-state index in [1.165, 1.54) is 76.5 Å². The van der Waals surface area contributed by atoms with Gasteiger partial charge in [-0.05, 0) is 125 Å². The van der Waals surface area contributed by atoms with Gasteiger partial charge in [0.25, 0.3) is 0 Å². The summed E-state index contributed by atoms with van der Waals surface area (Å²) in [6.07, 6.45) is 0. The number of hydrogen-bond donors (Lipinski definition) is 0. The van der Waals surface area contributed by atoms with Crippen molar-refractivity contribution in [3.8, 4) is 33.4 Å². The Morgan fingerprint density at radius 1 is 0.208 bits per heavy atom. The van der Waals surface area contributed by atoms with Crippen molar-refractivity contribution in [2.24, 2.45) is 0 Å². The molecule has 0 aliphatic heterocycles. The molecule has 0 fully saturated rings. The molecule has 0 aliphatic rings. The van der Waals surface area contributed by atoms with Crippen LogP contribution in [0, 0.1) is 0 Å². The Kier molecular flexibility index (Phi) is 7.55. The van der Waals surface area contributed by atoms with Crippen molar-refractivity contribution in [1.29, 1.82) is 0 Å². The lowest BCUT2D eigenvalue weighted by molar-refractivity contribution is 1.28. The second-order valence-electron chi connectivity index (χ2n) is 13.8. The lowest BCUT2D eigenvalue weighted by atomic mass is 9.96. The number of fused-ring (bicyclic) bond motifs is 6. The predicted molar refractivity (Wildman–Crippen MR) is 227 cm³/mol. The van der Waals surface area contributed by atoms with E-state index >= 15 is 0 Å². The van der Waals surface area contributed by atoms with E-state index in [4.69, 9.17) is 0 Å². The largest absolute Gasteiger partial charge is 0.311 e. The normalized spacial score (nSPS) is 11.4. The van der Waals surface area contributed by atoms with Crippen LogP contribution in [-0.4, -0.2) is 0 Å². The van der Waals surface area contributed by atoms with Gasteiger partial charge in [-0.2, -0.15) is 0 Å². The zero-order valence-electron chi connectivity index (χ0n) is 29.2. The van der Waals surface area contributed by atoms with Crippen molar-refractivity contribution in [2.45, 2.75) is 0 Å².